The Morgan fingerprint density at radius 1 is 0.897 bits per heavy atom. The minimum Gasteiger partial charge on any atom is -0.350 e. The van der Waals surface area contributed by atoms with E-state index in [2.05, 4.69) is 60.7 Å². The van der Waals surface area contributed by atoms with Crippen LogP contribution in [-0.2, 0) is 29.6 Å². The minimum atomic E-state index is -0.316. The fourth-order valence-electron chi connectivity index (χ4n) is 6.75. The van der Waals surface area contributed by atoms with Crippen LogP contribution in [0.3, 0.4) is 0 Å². The molecule has 2 aliphatic rings. The second kappa shape index (κ2) is 10.3. The summed E-state index contributed by atoms with van der Waals surface area (Å²) in [6.45, 7) is 11.0. The van der Waals surface area contributed by atoms with Crippen molar-refractivity contribution >= 4 is 57.2 Å². The van der Waals surface area contributed by atoms with Crippen LogP contribution in [-0.4, -0.2) is 44.5 Å². The monoisotopic (exact) mass is 544 g/mol. The van der Waals surface area contributed by atoms with Crippen LogP contribution in [0.2, 0.25) is 0 Å². The van der Waals surface area contributed by atoms with Crippen molar-refractivity contribution in [1.82, 2.24) is 19.4 Å². The first-order valence-corrected chi connectivity index (χ1v) is 13.8. The highest BCUT2D eigenvalue weighted by Crippen LogP contribution is 2.43. The van der Waals surface area contributed by atoms with Crippen molar-refractivity contribution in [1.29, 1.82) is 0 Å². The molecular weight excluding hydrogens is 508 g/mol. The van der Waals surface area contributed by atoms with E-state index >= 15 is 0 Å². The zero-order chi connectivity index (χ0) is 26.7. The Balaban J connectivity index is 0.00000308. The molecule has 4 heterocycles. The second-order valence-corrected chi connectivity index (χ2v) is 11.4. The molecule has 1 N–H and O–H groups in total. The molecule has 0 bridgehead atoms. The first-order chi connectivity index (χ1) is 18.3. The Kier molecular flexibility index (Phi) is 7.21. The molecule has 6 nitrogen and oxygen atoms in total. The second-order valence-electron chi connectivity index (χ2n) is 11.4. The Morgan fingerprint density at radius 2 is 1.51 bits per heavy atom. The number of hydrogen-bond donors (Lipinski definition) is 1. The number of halogens is 1. The van der Waals surface area contributed by atoms with E-state index in [0.29, 0.717) is 29.1 Å². The number of nitrogens with one attached hydrogen (secondary N) is 1. The van der Waals surface area contributed by atoms with Crippen molar-refractivity contribution in [3.8, 4) is 0 Å². The lowest BCUT2D eigenvalue weighted by Crippen LogP contribution is -2.42. The minimum absolute atomic E-state index is 0. The van der Waals surface area contributed by atoms with E-state index in [1.54, 1.807) is 0 Å². The number of nitrogens with zero attached hydrogens (tertiary/aromatic N) is 3. The molecule has 7 heteroatoms. The van der Waals surface area contributed by atoms with Gasteiger partial charge in [0.1, 0.15) is 0 Å². The van der Waals surface area contributed by atoms with E-state index < -0.39 is 0 Å². The van der Waals surface area contributed by atoms with E-state index in [1.165, 1.54) is 5.69 Å². The number of aryl methyl sites for hydroxylation is 2. The molecule has 0 saturated carbocycles. The molecule has 0 radical (unpaired) electrons. The van der Waals surface area contributed by atoms with Gasteiger partial charge in [-0.15, -0.1) is 12.4 Å². The van der Waals surface area contributed by atoms with Crippen LogP contribution < -0.4 is 5.32 Å². The summed E-state index contributed by atoms with van der Waals surface area (Å²) in [5.74, 6) is -0.133. The third kappa shape index (κ3) is 4.40. The van der Waals surface area contributed by atoms with Crippen molar-refractivity contribution < 1.29 is 9.59 Å². The number of carbonyl (C=O) groups is 2. The van der Waals surface area contributed by atoms with Crippen molar-refractivity contribution in [3.05, 3.63) is 71.5 Å². The fourth-order valence-corrected chi connectivity index (χ4v) is 6.75. The number of benzene rings is 2. The highest BCUT2D eigenvalue weighted by molar-refractivity contribution is 6.51. The zero-order valence-corrected chi connectivity index (χ0v) is 24.1. The molecule has 2 amide bonds. The van der Waals surface area contributed by atoms with Gasteiger partial charge in [-0.25, -0.2) is 0 Å². The van der Waals surface area contributed by atoms with E-state index in [4.69, 9.17) is 0 Å². The van der Waals surface area contributed by atoms with E-state index in [-0.39, 0.29) is 24.2 Å². The van der Waals surface area contributed by atoms with Crippen LogP contribution >= 0.6 is 12.4 Å². The summed E-state index contributed by atoms with van der Waals surface area (Å²) < 4.78 is 4.42. The number of imide groups is 1. The molecule has 39 heavy (non-hydrogen) atoms. The lowest BCUT2D eigenvalue weighted by atomic mass is 9.88. The van der Waals surface area contributed by atoms with E-state index in [0.717, 1.165) is 58.9 Å². The summed E-state index contributed by atoms with van der Waals surface area (Å²) >= 11 is 0. The lowest BCUT2D eigenvalue weighted by molar-refractivity contribution is -0.122. The van der Waals surface area contributed by atoms with E-state index in [9.17, 15) is 9.59 Å². The van der Waals surface area contributed by atoms with Crippen molar-refractivity contribution in [3.63, 3.8) is 0 Å². The number of fused-ring (bicyclic) bond motifs is 4. The standard InChI is InChI=1S/C32H36N4O2.ClH/c1-19(2)36(20(3)4)17-21-14-15-35-26-13-9-7-11-23(26)28(27(35)16-21)30-29(31(37)33-32(30)38)24-18-34(5)25-12-8-6-10-22(24)25;/h6-13,18-21H,14-17H2,1-5H3,(H,33,37,38);1H. The smallest absolute Gasteiger partial charge is 0.259 e. The number of amides is 2. The molecule has 4 aromatic rings. The third-order valence-electron chi connectivity index (χ3n) is 8.46. The Bertz CT molecular complexity index is 1620. The van der Waals surface area contributed by atoms with Crippen LogP contribution in [0.15, 0.2) is 54.7 Å². The molecule has 1 atom stereocenters. The predicted molar refractivity (Wildman–Crippen MR) is 161 cm³/mol. The average Bonchev–Trinajstić information content (AvgIpc) is 3.49. The highest BCUT2D eigenvalue weighted by Gasteiger charge is 2.38. The summed E-state index contributed by atoms with van der Waals surface area (Å²) in [6.07, 6.45) is 3.96. The molecule has 0 spiro atoms. The molecule has 0 aliphatic carbocycles. The van der Waals surface area contributed by atoms with Gasteiger partial charge in [0.15, 0.2) is 0 Å². The average molecular weight is 545 g/mol. The highest BCUT2D eigenvalue weighted by atomic mass is 35.5. The van der Waals surface area contributed by atoms with Gasteiger partial charge in [0, 0.05) is 77.0 Å². The molecule has 2 aromatic heterocycles. The van der Waals surface area contributed by atoms with Gasteiger partial charge < -0.3 is 9.13 Å². The first kappa shape index (κ1) is 27.2. The summed E-state index contributed by atoms with van der Waals surface area (Å²) in [7, 11) is 1.98. The van der Waals surface area contributed by atoms with Gasteiger partial charge in [-0.1, -0.05) is 36.4 Å². The van der Waals surface area contributed by atoms with Gasteiger partial charge in [-0.2, -0.15) is 0 Å². The van der Waals surface area contributed by atoms with Gasteiger partial charge in [-0.3, -0.25) is 19.8 Å². The quantitative estimate of drug-likeness (QED) is 0.312. The Labute approximate surface area is 236 Å². The molecule has 1 unspecified atom stereocenters. The van der Waals surface area contributed by atoms with Crippen molar-refractivity contribution in [2.45, 2.75) is 59.2 Å². The topological polar surface area (TPSA) is 59.3 Å². The van der Waals surface area contributed by atoms with Crippen molar-refractivity contribution in [2.24, 2.45) is 13.0 Å². The predicted octanol–water partition coefficient (Wildman–Crippen LogP) is 5.80. The molecule has 0 saturated heterocycles. The third-order valence-corrected chi connectivity index (χ3v) is 8.46. The lowest BCUT2D eigenvalue weighted by Gasteiger charge is -2.36. The van der Waals surface area contributed by atoms with Gasteiger partial charge >= 0.3 is 0 Å². The molecule has 2 aromatic carbocycles. The summed E-state index contributed by atoms with van der Waals surface area (Å²) in [5.41, 5.74) is 6.08. The van der Waals surface area contributed by atoms with Gasteiger partial charge in [0.2, 0.25) is 0 Å². The maximum atomic E-state index is 13.6. The number of carbonyl (C=O) groups excluding carboxylic acids is 2. The normalized spacial score (nSPS) is 17.6. The van der Waals surface area contributed by atoms with Crippen molar-refractivity contribution in [2.75, 3.05) is 6.54 Å². The van der Waals surface area contributed by atoms with Gasteiger partial charge in [-0.05, 0) is 58.6 Å². The molecule has 2 aliphatic heterocycles. The molecule has 6 rings (SSSR count). The Hall–Kier alpha value is -3.35. The van der Waals surface area contributed by atoms with Gasteiger partial charge in [0.05, 0.1) is 11.1 Å². The van der Waals surface area contributed by atoms with Crippen LogP contribution in [0.25, 0.3) is 33.0 Å². The number of hydrogen-bond acceptors (Lipinski definition) is 3. The molecule has 0 fully saturated rings. The number of aromatic nitrogens is 2. The molecular formula is C32H37ClN4O2. The van der Waals surface area contributed by atoms with Gasteiger partial charge in [0.25, 0.3) is 11.8 Å². The Morgan fingerprint density at radius 3 is 2.21 bits per heavy atom. The van der Waals surface area contributed by atoms with Crippen LogP contribution in [0.1, 0.15) is 50.9 Å². The SMILES string of the molecule is CC(C)N(CC1CCn2c(c(C3=C(c4cn(C)c5ccccc45)C(=O)NC3=O)c3ccccc32)C1)C(C)C.Cl. The maximum absolute atomic E-state index is 13.6. The fraction of sp³-hybridized carbons (Fsp3) is 0.375. The zero-order valence-electron chi connectivity index (χ0n) is 23.3. The first-order valence-electron chi connectivity index (χ1n) is 13.8. The number of rotatable bonds is 6. The number of para-hydroxylation sites is 2. The summed E-state index contributed by atoms with van der Waals surface area (Å²) in [5, 5.41) is 4.67. The maximum Gasteiger partial charge on any atom is 0.259 e. The summed E-state index contributed by atoms with van der Waals surface area (Å²) in [4.78, 5) is 29.5. The van der Waals surface area contributed by atoms with E-state index in [1.807, 2.05) is 48.1 Å². The summed E-state index contributed by atoms with van der Waals surface area (Å²) in [6, 6.07) is 17.3. The molecule has 204 valence electrons. The largest absolute Gasteiger partial charge is 0.350 e. The van der Waals surface area contributed by atoms with Crippen LogP contribution in [0.5, 0.6) is 0 Å². The van der Waals surface area contributed by atoms with Crippen LogP contribution in [0.4, 0.5) is 0 Å². The van der Waals surface area contributed by atoms with Crippen LogP contribution in [0, 0.1) is 5.92 Å².